The Morgan fingerprint density at radius 3 is 2.58 bits per heavy atom. The predicted molar refractivity (Wildman–Crippen MR) is 101 cm³/mol. The summed E-state index contributed by atoms with van der Waals surface area (Å²) in [7, 11) is 1.67. The zero-order valence-corrected chi connectivity index (χ0v) is 15.3. The van der Waals surface area contributed by atoms with Crippen LogP contribution in [0, 0.1) is 0 Å². The minimum atomic E-state index is -0.411. The van der Waals surface area contributed by atoms with Gasteiger partial charge in [0.25, 0.3) is 5.89 Å². The van der Waals surface area contributed by atoms with Crippen LogP contribution in [0.5, 0.6) is 5.75 Å². The fourth-order valence-electron chi connectivity index (χ4n) is 3.03. The Bertz CT molecular complexity index is 893. The van der Waals surface area contributed by atoms with E-state index in [1.165, 1.54) is 21.7 Å². The first-order chi connectivity index (χ1) is 12.7. The normalized spacial score (nSPS) is 15.3. The average molecular weight is 372 g/mol. The Labute approximate surface area is 155 Å². The highest BCUT2D eigenvalue weighted by Gasteiger charge is 2.20. The highest BCUT2D eigenvalue weighted by molar-refractivity contribution is 7.13. The maximum absolute atomic E-state index is 12.0. The van der Waals surface area contributed by atoms with Gasteiger partial charge < -0.3 is 14.1 Å². The Balaban J connectivity index is 1.37. The lowest BCUT2D eigenvalue weighted by molar-refractivity contribution is 0.189. The number of methoxy groups -OCH3 is 1. The van der Waals surface area contributed by atoms with E-state index < -0.39 is 5.76 Å². The summed E-state index contributed by atoms with van der Waals surface area (Å²) in [6, 6.07) is 11.9. The SMILES string of the molecule is COc1ccc(N2CCN(Cn3nc(-c4cccs4)oc3=O)CC2)cc1. The molecular formula is C18H20N4O3S. The van der Waals surface area contributed by atoms with Crippen molar-refractivity contribution < 1.29 is 9.15 Å². The highest BCUT2D eigenvalue weighted by atomic mass is 32.1. The van der Waals surface area contributed by atoms with Crippen LogP contribution in [0.15, 0.2) is 51.0 Å². The first kappa shape index (κ1) is 16.9. The number of nitrogens with zero attached hydrogens (tertiary/aromatic N) is 4. The van der Waals surface area contributed by atoms with Crippen LogP contribution in [0.1, 0.15) is 0 Å². The van der Waals surface area contributed by atoms with Crippen molar-refractivity contribution in [1.82, 2.24) is 14.7 Å². The molecule has 0 spiro atoms. The van der Waals surface area contributed by atoms with E-state index in [-0.39, 0.29) is 0 Å². The largest absolute Gasteiger partial charge is 0.497 e. The van der Waals surface area contributed by atoms with Crippen molar-refractivity contribution in [3.63, 3.8) is 0 Å². The fourth-order valence-corrected chi connectivity index (χ4v) is 3.67. The van der Waals surface area contributed by atoms with Gasteiger partial charge in [0.1, 0.15) is 12.4 Å². The third kappa shape index (κ3) is 3.51. The Kier molecular flexibility index (Phi) is 4.77. The second kappa shape index (κ2) is 7.35. The third-order valence-electron chi connectivity index (χ3n) is 4.48. The van der Waals surface area contributed by atoms with Crippen LogP contribution in [0.25, 0.3) is 10.8 Å². The molecular weight excluding hydrogens is 352 g/mol. The molecule has 8 heteroatoms. The van der Waals surface area contributed by atoms with Gasteiger partial charge in [-0.3, -0.25) is 4.90 Å². The molecule has 0 atom stereocenters. The molecule has 0 aliphatic carbocycles. The first-order valence-electron chi connectivity index (χ1n) is 8.46. The van der Waals surface area contributed by atoms with Crippen molar-refractivity contribution >= 4 is 17.0 Å². The van der Waals surface area contributed by atoms with Crippen LogP contribution >= 0.6 is 11.3 Å². The smallest absolute Gasteiger partial charge is 0.438 e. The summed E-state index contributed by atoms with van der Waals surface area (Å²) < 4.78 is 11.9. The Hall–Kier alpha value is -2.58. The molecule has 0 unspecified atom stereocenters. The van der Waals surface area contributed by atoms with Crippen LogP contribution in [0.2, 0.25) is 0 Å². The van der Waals surface area contributed by atoms with Crippen LogP contribution in [0.4, 0.5) is 5.69 Å². The lowest BCUT2D eigenvalue weighted by atomic mass is 10.2. The van der Waals surface area contributed by atoms with Gasteiger partial charge in [-0.15, -0.1) is 16.4 Å². The van der Waals surface area contributed by atoms with E-state index in [2.05, 4.69) is 27.0 Å². The molecule has 1 aliphatic rings. The summed E-state index contributed by atoms with van der Waals surface area (Å²) in [5, 5.41) is 6.26. The number of rotatable bonds is 5. The number of aromatic nitrogens is 2. The van der Waals surface area contributed by atoms with E-state index in [1.54, 1.807) is 7.11 Å². The van der Waals surface area contributed by atoms with Crippen molar-refractivity contribution in [2.75, 3.05) is 38.2 Å². The van der Waals surface area contributed by atoms with E-state index in [0.717, 1.165) is 36.8 Å². The molecule has 26 heavy (non-hydrogen) atoms. The molecule has 0 saturated carbocycles. The van der Waals surface area contributed by atoms with Gasteiger partial charge in [0, 0.05) is 31.9 Å². The van der Waals surface area contributed by atoms with Gasteiger partial charge >= 0.3 is 5.76 Å². The molecule has 136 valence electrons. The van der Waals surface area contributed by atoms with Crippen molar-refractivity contribution in [3.8, 4) is 16.5 Å². The molecule has 4 rings (SSSR count). The van der Waals surface area contributed by atoms with Gasteiger partial charge in [0.15, 0.2) is 0 Å². The van der Waals surface area contributed by atoms with E-state index >= 15 is 0 Å². The van der Waals surface area contributed by atoms with E-state index in [1.807, 2.05) is 29.6 Å². The quantitative estimate of drug-likeness (QED) is 0.685. The topological polar surface area (TPSA) is 63.7 Å². The second-order valence-electron chi connectivity index (χ2n) is 6.09. The molecule has 1 aromatic carbocycles. The maximum atomic E-state index is 12.0. The van der Waals surface area contributed by atoms with Crippen molar-refractivity contribution in [2.24, 2.45) is 0 Å². The van der Waals surface area contributed by atoms with Crippen molar-refractivity contribution in [1.29, 1.82) is 0 Å². The lowest BCUT2D eigenvalue weighted by Gasteiger charge is -2.35. The van der Waals surface area contributed by atoms with Gasteiger partial charge in [-0.25, -0.2) is 4.79 Å². The van der Waals surface area contributed by atoms with Crippen molar-refractivity contribution in [3.05, 3.63) is 52.3 Å². The number of piperazine rings is 1. The minimum absolute atomic E-state index is 0.391. The molecule has 1 saturated heterocycles. The van der Waals surface area contributed by atoms with E-state index in [9.17, 15) is 4.79 Å². The van der Waals surface area contributed by atoms with Crippen LogP contribution in [-0.4, -0.2) is 48.0 Å². The number of thiophene rings is 1. The summed E-state index contributed by atoms with van der Waals surface area (Å²) in [4.78, 5) is 17.5. The first-order valence-corrected chi connectivity index (χ1v) is 9.34. The van der Waals surface area contributed by atoms with Crippen molar-refractivity contribution in [2.45, 2.75) is 6.67 Å². The molecule has 0 bridgehead atoms. The summed E-state index contributed by atoms with van der Waals surface area (Å²) in [5.74, 6) is 0.840. The summed E-state index contributed by atoms with van der Waals surface area (Å²) >= 11 is 1.51. The van der Waals surface area contributed by atoms with Gasteiger partial charge in [-0.2, -0.15) is 4.68 Å². The number of ether oxygens (including phenoxy) is 1. The summed E-state index contributed by atoms with van der Waals surface area (Å²) in [6.45, 7) is 3.97. The van der Waals surface area contributed by atoms with E-state index in [4.69, 9.17) is 9.15 Å². The van der Waals surface area contributed by atoms with Crippen LogP contribution < -0.4 is 15.4 Å². The zero-order valence-electron chi connectivity index (χ0n) is 14.5. The molecule has 2 aromatic heterocycles. The summed E-state index contributed by atoms with van der Waals surface area (Å²) in [6.07, 6.45) is 0. The average Bonchev–Trinajstić information content (AvgIpc) is 3.33. The molecule has 3 heterocycles. The molecule has 3 aromatic rings. The number of hydrogen-bond donors (Lipinski definition) is 0. The lowest BCUT2D eigenvalue weighted by Crippen LogP contribution is -2.47. The highest BCUT2D eigenvalue weighted by Crippen LogP contribution is 2.22. The fraction of sp³-hybridized carbons (Fsp3) is 0.333. The van der Waals surface area contributed by atoms with Gasteiger partial charge in [-0.05, 0) is 35.7 Å². The number of anilines is 1. The van der Waals surface area contributed by atoms with Gasteiger partial charge in [0.2, 0.25) is 0 Å². The molecule has 7 nitrogen and oxygen atoms in total. The third-order valence-corrected chi connectivity index (χ3v) is 5.34. The molecule has 1 fully saturated rings. The number of benzene rings is 1. The molecule has 0 radical (unpaired) electrons. The zero-order chi connectivity index (χ0) is 17.9. The second-order valence-corrected chi connectivity index (χ2v) is 7.04. The van der Waals surface area contributed by atoms with Crippen LogP contribution in [-0.2, 0) is 6.67 Å². The van der Waals surface area contributed by atoms with E-state index in [0.29, 0.717) is 12.6 Å². The predicted octanol–water partition coefficient (Wildman–Crippen LogP) is 2.35. The monoisotopic (exact) mass is 372 g/mol. The Morgan fingerprint density at radius 2 is 1.92 bits per heavy atom. The molecule has 0 amide bonds. The number of hydrogen-bond acceptors (Lipinski definition) is 7. The minimum Gasteiger partial charge on any atom is -0.497 e. The van der Waals surface area contributed by atoms with Crippen LogP contribution in [0.3, 0.4) is 0 Å². The molecule has 0 N–H and O–H groups in total. The van der Waals surface area contributed by atoms with Gasteiger partial charge in [0.05, 0.1) is 12.0 Å². The van der Waals surface area contributed by atoms with Gasteiger partial charge in [-0.1, -0.05) is 6.07 Å². The summed E-state index contributed by atoms with van der Waals surface area (Å²) in [5.41, 5.74) is 1.18. The maximum Gasteiger partial charge on any atom is 0.438 e. The standard InChI is InChI=1S/C18H20N4O3S/c1-24-15-6-4-14(5-7-15)21-10-8-20(9-11-21)13-22-18(23)25-17(19-22)16-3-2-12-26-16/h2-7,12H,8-11,13H2,1H3. The Morgan fingerprint density at radius 1 is 1.15 bits per heavy atom. The molecule has 1 aliphatic heterocycles.